The van der Waals surface area contributed by atoms with Crippen molar-refractivity contribution in [2.24, 2.45) is 0 Å². The van der Waals surface area contributed by atoms with E-state index in [2.05, 4.69) is 4.98 Å². The number of aryl methyl sites for hydroxylation is 1. The first kappa shape index (κ1) is 12.3. The van der Waals surface area contributed by atoms with Gasteiger partial charge in [0.2, 0.25) is 0 Å². The van der Waals surface area contributed by atoms with Gasteiger partial charge >= 0.3 is 0 Å². The Balaban J connectivity index is 2.64. The molecule has 0 saturated heterocycles. The molecule has 90 valence electrons. The van der Waals surface area contributed by atoms with Gasteiger partial charge in [-0.3, -0.25) is 0 Å². The molecule has 0 amide bonds. The lowest BCUT2D eigenvalue weighted by molar-refractivity contribution is 0.739. The zero-order valence-electron chi connectivity index (χ0n) is 9.67. The lowest BCUT2D eigenvalue weighted by Crippen LogP contribution is -2.02. The van der Waals surface area contributed by atoms with Gasteiger partial charge < -0.3 is 10.3 Å². The molecule has 1 aromatic heterocycles. The Bertz CT molecular complexity index is 561. The Morgan fingerprint density at radius 2 is 2.06 bits per heavy atom. The molecule has 5 heteroatoms. The summed E-state index contributed by atoms with van der Waals surface area (Å²) in [6, 6.07) is 5.27. The lowest BCUT2D eigenvalue weighted by atomic mass is 10.1. The minimum Gasteiger partial charge on any atom is -0.383 e. The molecule has 2 N–H and O–H groups in total. The molecule has 2 rings (SSSR count). The number of hydrogen-bond acceptors (Lipinski definition) is 2. The fraction of sp³-hybridized carbons (Fsp3) is 0.250. The summed E-state index contributed by atoms with van der Waals surface area (Å²) in [5.41, 5.74) is 7.53. The molecule has 0 unspecified atom stereocenters. The summed E-state index contributed by atoms with van der Waals surface area (Å²) in [6.07, 6.45) is 0. The van der Waals surface area contributed by atoms with Gasteiger partial charge in [0.05, 0.1) is 5.02 Å². The Morgan fingerprint density at radius 1 is 1.35 bits per heavy atom. The van der Waals surface area contributed by atoms with Gasteiger partial charge in [-0.2, -0.15) is 0 Å². The number of nitrogens with two attached hydrogens (primary N) is 1. The van der Waals surface area contributed by atoms with Crippen molar-refractivity contribution in [2.45, 2.75) is 20.4 Å². The normalized spacial score (nSPS) is 10.8. The third-order valence-corrected chi connectivity index (χ3v) is 3.26. The highest BCUT2D eigenvalue weighted by atomic mass is 35.5. The summed E-state index contributed by atoms with van der Waals surface area (Å²) in [7, 11) is 0. The average Bonchev–Trinajstić information content (AvgIpc) is 2.57. The van der Waals surface area contributed by atoms with Crippen LogP contribution in [0.2, 0.25) is 10.0 Å². The predicted octanol–water partition coefficient (Wildman–Crippen LogP) is 3.77. The van der Waals surface area contributed by atoms with E-state index in [0.717, 1.165) is 17.9 Å². The second-order valence-electron chi connectivity index (χ2n) is 3.76. The van der Waals surface area contributed by atoms with E-state index in [1.165, 1.54) is 0 Å². The van der Waals surface area contributed by atoms with Crippen LogP contribution in [0.3, 0.4) is 0 Å². The number of anilines is 1. The summed E-state index contributed by atoms with van der Waals surface area (Å²) in [5.74, 6) is 1.49. The Labute approximate surface area is 110 Å². The molecular weight excluding hydrogens is 257 g/mol. The van der Waals surface area contributed by atoms with E-state index in [0.29, 0.717) is 21.6 Å². The van der Waals surface area contributed by atoms with Gasteiger partial charge in [-0.05, 0) is 32.0 Å². The van der Waals surface area contributed by atoms with Gasteiger partial charge in [0.1, 0.15) is 17.3 Å². The maximum atomic E-state index is 6.14. The highest BCUT2D eigenvalue weighted by Gasteiger charge is 2.15. The molecule has 0 atom stereocenters. The first-order valence-electron chi connectivity index (χ1n) is 5.32. The van der Waals surface area contributed by atoms with Gasteiger partial charge in [0.25, 0.3) is 0 Å². The molecule has 3 nitrogen and oxygen atoms in total. The van der Waals surface area contributed by atoms with Gasteiger partial charge in [-0.25, -0.2) is 4.98 Å². The fourth-order valence-corrected chi connectivity index (χ4v) is 2.24. The number of halogens is 2. The van der Waals surface area contributed by atoms with E-state index in [9.17, 15) is 0 Å². The van der Waals surface area contributed by atoms with Crippen molar-refractivity contribution in [1.29, 1.82) is 0 Å². The van der Waals surface area contributed by atoms with E-state index < -0.39 is 0 Å². The summed E-state index contributed by atoms with van der Waals surface area (Å²) >= 11 is 12.1. The zero-order chi connectivity index (χ0) is 12.6. The number of nitrogen functional groups attached to an aromatic ring is 1. The Hall–Kier alpha value is -1.19. The molecule has 0 aliphatic rings. The third kappa shape index (κ3) is 2.13. The highest BCUT2D eigenvalue weighted by Crippen LogP contribution is 2.33. The predicted molar refractivity (Wildman–Crippen MR) is 72.5 cm³/mol. The molecule has 0 aliphatic carbocycles. The molecule has 2 aromatic rings. The third-order valence-electron chi connectivity index (χ3n) is 2.70. The first-order chi connectivity index (χ1) is 8.04. The van der Waals surface area contributed by atoms with E-state index in [-0.39, 0.29) is 0 Å². The molecule has 0 fully saturated rings. The zero-order valence-corrected chi connectivity index (χ0v) is 11.2. The number of benzene rings is 1. The smallest absolute Gasteiger partial charge is 0.131 e. The van der Waals surface area contributed by atoms with Crippen molar-refractivity contribution in [3.05, 3.63) is 34.1 Å². The molecule has 0 radical (unpaired) electrons. The van der Waals surface area contributed by atoms with Gasteiger partial charge in [0, 0.05) is 17.1 Å². The van der Waals surface area contributed by atoms with Crippen LogP contribution < -0.4 is 5.73 Å². The first-order valence-corrected chi connectivity index (χ1v) is 6.08. The van der Waals surface area contributed by atoms with Crippen molar-refractivity contribution < 1.29 is 0 Å². The average molecular weight is 270 g/mol. The van der Waals surface area contributed by atoms with E-state index >= 15 is 0 Å². The number of rotatable bonds is 2. The van der Waals surface area contributed by atoms with Crippen molar-refractivity contribution in [1.82, 2.24) is 9.55 Å². The highest BCUT2D eigenvalue weighted by molar-refractivity contribution is 6.35. The molecule has 0 bridgehead atoms. The van der Waals surface area contributed by atoms with Crippen molar-refractivity contribution in [3.63, 3.8) is 0 Å². The molecule has 0 aliphatic heterocycles. The monoisotopic (exact) mass is 269 g/mol. The number of nitrogens with zero attached hydrogens (tertiary/aromatic N) is 2. The minimum absolute atomic E-state index is 0.599. The summed E-state index contributed by atoms with van der Waals surface area (Å²) < 4.78 is 1.94. The van der Waals surface area contributed by atoms with Gasteiger partial charge in [-0.15, -0.1) is 0 Å². The molecule has 1 aromatic carbocycles. The van der Waals surface area contributed by atoms with Crippen molar-refractivity contribution in [3.8, 4) is 11.3 Å². The molecular formula is C12H13Cl2N3. The summed E-state index contributed by atoms with van der Waals surface area (Å²) in [5, 5.41) is 1.22. The molecule has 0 saturated carbocycles. The molecule has 17 heavy (non-hydrogen) atoms. The fourth-order valence-electron chi connectivity index (χ4n) is 1.86. The Morgan fingerprint density at radius 3 is 2.65 bits per heavy atom. The second kappa shape index (κ2) is 4.59. The SMILES string of the molecule is CCn1c(C)nc(-c2cc(Cl)ccc2Cl)c1N. The van der Waals surface area contributed by atoms with Crippen LogP contribution in [0.1, 0.15) is 12.7 Å². The maximum Gasteiger partial charge on any atom is 0.131 e. The summed E-state index contributed by atoms with van der Waals surface area (Å²) in [4.78, 5) is 4.45. The van der Waals surface area contributed by atoms with Crippen LogP contribution >= 0.6 is 23.2 Å². The van der Waals surface area contributed by atoms with E-state index in [1.54, 1.807) is 18.2 Å². The maximum absolute atomic E-state index is 6.14. The minimum atomic E-state index is 0.599. The lowest BCUT2D eigenvalue weighted by Gasteiger charge is -2.05. The van der Waals surface area contributed by atoms with Crippen LogP contribution in [0.5, 0.6) is 0 Å². The molecule has 0 spiro atoms. The van der Waals surface area contributed by atoms with Crippen LogP contribution in [0.4, 0.5) is 5.82 Å². The van der Waals surface area contributed by atoms with E-state index in [1.807, 2.05) is 18.4 Å². The summed E-state index contributed by atoms with van der Waals surface area (Å²) in [6.45, 7) is 4.72. The Kier molecular flexibility index (Phi) is 3.31. The van der Waals surface area contributed by atoms with Crippen LogP contribution in [0.25, 0.3) is 11.3 Å². The quantitative estimate of drug-likeness (QED) is 0.902. The van der Waals surface area contributed by atoms with Crippen LogP contribution in [-0.2, 0) is 6.54 Å². The standard InChI is InChI=1S/C12H13Cl2N3/c1-3-17-7(2)16-11(12(17)15)9-6-8(13)4-5-10(9)14/h4-6H,3,15H2,1-2H3. The van der Waals surface area contributed by atoms with Crippen LogP contribution in [-0.4, -0.2) is 9.55 Å². The number of hydrogen-bond donors (Lipinski definition) is 1. The molecule has 1 heterocycles. The second-order valence-corrected chi connectivity index (χ2v) is 4.60. The largest absolute Gasteiger partial charge is 0.383 e. The number of imidazole rings is 1. The van der Waals surface area contributed by atoms with Crippen LogP contribution in [0, 0.1) is 6.92 Å². The van der Waals surface area contributed by atoms with Crippen LogP contribution in [0.15, 0.2) is 18.2 Å². The van der Waals surface area contributed by atoms with Gasteiger partial charge in [0.15, 0.2) is 0 Å². The number of aromatic nitrogens is 2. The van der Waals surface area contributed by atoms with E-state index in [4.69, 9.17) is 28.9 Å². The topological polar surface area (TPSA) is 43.8 Å². The van der Waals surface area contributed by atoms with Crippen molar-refractivity contribution in [2.75, 3.05) is 5.73 Å². The van der Waals surface area contributed by atoms with Gasteiger partial charge in [-0.1, -0.05) is 23.2 Å². The van der Waals surface area contributed by atoms with Crippen molar-refractivity contribution >= 4 is 29.0 Å².